The van der Waals surface area contributed by atoms with Crippen LogP contribution in [-0.2, 0) is 4.74 Å². The van der Waals surface area contributed by atoms with Crippen molar-refractivity contribution in [2.24, 2.45) is 0 Å². The third-order valence-electron chi connectivity index (χ3n) is 3.97. The van der Waals surface area contributed by atoms with Gasteiger partial charge in [-0.3, -0.25) is 0 Å². The van der Waals surface area contributed by atoms with E-state index in [0.29, 0.717) is 26.2 Å². The number of hydrogen-bond acceptors (Lipinski definition) is 6. The second kappa shape index (κ2) is 7.57. The maximum absolute atomic E-state index is 12.2. The largest absolute Gasteiger partial charge is 0.444 e. The lowest BCUT2D eigenvalue weighted by molar-refractivity contribution is 0.0240. The molecule has 0 atom stereocenters. The fraction of sp³-hybridized carbons (Fsp3) is 0.500. The van der Waals surface area contributed by atoms with Crippen molar-refractivity contribution in [2.45, 2.75) is 31.5 Å². The van der Waals surface area contributed by atoms with Crippen molar-refractivity contribution in [2.75, 3.05) is 37.3 Å². The third kappa shape index (κ3) is 4.30. The first kappa shape index (κ1) is 18.6. The van der Waals surface area contributed by atoms with Crippen LogP contribution in [0.4, 0.5) is 10.7 Å². The standard InChI is InChI=1S/C18H25N5O2S/c1-18(2,3)25-17(24)22-12-10-21(11-13-22)16-19-15(26-4)20-23(16)14-8-6-5-7-9-14/h5-9H,10-13H2,1-4H3. The normalized spacial score (nSPS) is 15.2. The summed E-state index contributed by atoms with van der Waals surface area (Å²) in [6, 6.07) is 9.98. The van der Waals surface area contributed by atoms with Crippen molar-refractivity contribution >= 4 is 23.8 Å². The minimum atomic E-state index is -0.477. The van der Waals surface area contributed by atoms with Gasteiger partial charge >= 0.3 is 6.09 Å². The highest BCUT2D eigenvalue weighted by Gasteiger charge is 2.28. The highest BCUT2D eigenvalue weighted by Crippen LogP contribution is 2.23. The summed E-state index contributed by atoms with van der Waals surface area (Å²) in [5, 5.41) is 5.33. The lowest BCUT2D eigenvalue weighted by atomic mass is 10.2. The first-order chi connectivity index (χ1) is 12.4. The molecule has 1 saturated heterocycles. The fourth-order valence-electron chi connectivity index (χ4n) is 2.73. The van der Waals surface area contributed by atoms with Crippen molar-refractivity contribution in [3.8, 4) is 5.69 Å². The summed E-state index contributed by atoms with van der Waals surface area (Å²) in [7, 11) is 0. The van der Waals surface area contributed by atoms with E-state index >= 15 is 0 Å². The number of anilines is 1. The van der Waals surface area contributed by atoms with Crippen LogP contribution >= 0.6 is 11.8 Å². The smallest absolute Gasteiger partial charge is 0.410 e. The number of piperazine rings is 1. The molecular formula is C18H25N5O2S. The quantitative estimate of drug-likeness (QED) is 0.769. The fourth-order valence-corrected chi connectivity index (χ4v) is 3.07. The molecule has 3 rings (SSSR count). The molecule has 0 saturated carbocycles. The molecule has 0 radical (unpaired) electrons. The van der Waals surface area contributed by atoms with Crippen LogP contribution in [0, 0.1) is 0 Å². The van der Waals surface area contributed by atoms with Gasteiger partial charge in [0.25, 0.3) is 0 Å². The highest BCUT2D eigenvalue weighted by molar-refractivity contribution is 7.98. The zero-order valence-corrected chi connectivity index (χ0v) is 16.5. The molecule has 26 heavy (non-hydrogen) atoms. The van der Waals surface area contributed by atoms with Crippen LogP contribution in [0.25, 0.3) is 5.69 Å². The number of para-hydroxylation sites is 1. The topological polar surface area (TPSA) is 63.5 Å². The molecule has 1 amide bonds. The van der Waals surface area contributed by atoms with Gasteiger partial charge in [0.05, 0.1) is 5.69 Å². The van der Waals surface area contributed by atoms with Gasteiger partial charge in [-0.1, -0.05) is 30.0 Å². The number of rotatable bonds is 3. The molecule has 1 aliphatic rings. The zero-order chi connectivity index (χ0) is 18.7. The van der Waals surface area contributed by atoms with Crippen LogP contribution in [-0.4, -0.2) is 63.8 Å². The summed E-state index contributed by atoms with van der Waals surface area (Å²) >= 11 is 1.52. The van der Waals surface area contributed by atoms with E-state index in [1.165, 1.54) is 11.8 Å². The molecule has 1 aliphatic heterocycles. The van der Waals surface area contributed by atoms with Gasteiger partial charge in [0.15, 0.2) is 0 Å². The predicted molar refractivity (Wildman–Crippen MR) is 103 cm³/mol. The molecule has 140 valence electrons. The number of nitrogens with zero attached hydrogens (tertiary/aromatic N) is 5. The van der Waals surface area contributed by atoms with E-state index in [2.05, 4.69) is 15.0 Å². The zero-order valence-electron chi connectivity index (χ0n) is 15.7. The Bertz CT molecular complexity index is 749. The second-order valence-electron chi connectivity index (χ2n) is 7.10. The van der Waals surface area contributed by atoms with Crippen LogP contribution in [0.2, 0.25) is 0 Å². The monoisotopic (exact) mass is 375 g/mol. The number of aromatic nitrogens is 3. The first-order valence-corrected chi connectivity index (χ1v) is 9.89. The van der Waals surface area contributed by atoms with E-state index in [4.69, 9.17) is 4.74 Å². The summed E-state index contributed by atoms with van der Waals surface area (Å²) in [6.07, 6.45) is 1.71. The van der Waals surface area contributed by atoms with E-state index < -0.39 is 5.60 Å². The first-order valence-electron chi connectivity index (χ1n) is 8.67. The average Bonchev–Trinajstić information content (AvgIpc) is 3.06. The SMILES string of the molecule is CSc1nc(N2CCN(C(=O)OC(C)(C)C)CC2)n(-c2ccccc2)n1. The molecule has 2 aromatic rings. The lowest BCUT2D eigenvalue weighted by Crippen LogP contribution is -2.50. The van der Waals surface area contributed by atoms with Crippen molar-refractivity contribution in [1.82, 2.24) is 19.7 Å². The number of hydrogen-bond donors (Lipinski definition) is 0. The van der Waals surface area contributed by atoms with Gasteiger partial charge in [0.2, 0.25) is 11.1 Å². The molecule has 1 fully saturated rings. The Kier molecular flexibility index (Phi) is 5.41. The number of amides is 1. The van der Waals surface area contributed by atoms with Crippen molar-refractivity contribution in [3.63, 3.8) is 0 Å². The second-order valence-corrected chi connectivity index (χ2v) is 7.87. The van der Waals surface area contributed by atoms with Crippen molar-refractivity contribution in [1.29, 1.82) is 0 Å². The Balaban J connectivity index is 1.74. The number of carbonyl (C=O) groups excluding carboxylic acids is 1. The van der Waals surface area contributed by atoms with Crippen LogP contribution < -0.4 is 4.90 Å². The van der Waals surface area contributed by atoms with Crippen molar-refractivity contribution < 1.29 is 9.53 Å². The lowest BCUT2D eigenvalue weighted by Gasteiger charge is -2.35. The number of ether oxygens (including phenoxy) is 1. The minimum absolute atomic E-state index is 0.258. The van der Waals surface area contributed by atoms with Crippen LogP contribution in [0.5, 0.6) is 0 Å². The summed E-state index contributed by atoms with van der Waals surface area (Å²) in [5.74, 6) is 0.810. The molecule has 2 heterocycles. The molecule has 0 bridgehead atoms. The van der Waals surface area contributed by atoms with E-state index in [1.807, 2.05) is 62.0 Å². The highest BCUT2D eigenvalue weighted by atomic mass is 32.2. The molecule has 0 aliphatic carbocycles. The number of carbonyl (C=O) groups is 1. The minimum Gasteiger partial charge on any atom is -0.444 e. The average molecular weight is 375 g/mol. The van der Waals surface area contributed by atoms with E-state index in [9.17, 15) is 4.79 Å². The maximum atomic E-state index is 12.2. The van der Waals surface area contributed by atoms with Crippen LogP contribution in [0.3, 0.4) is 0 Å². The van der Waals surface area contributed by atoms with Gasteiger partial charge in [0.1, 0.15) is 5.60 Å². The van der Waals surface area contributed by atoms with Gasteiger partial charge in [0, 0.05) is 26.2 Å². The molecule has 0 N–H and O–H groups in total. The predicted octanol–water partition coefficient (Wildman–Crippen LogP) is 3.05. The van der Waals surface area contributed by atoms with Gasteiger partial charge < -0.3 is 14.5 Å². The van der Waals surface area contributed by atoms with E-state index in [1.54, 1.807) is 4.90 Å². The molecule has 1 aromatic carbocycles. The third-order valence-corrected chi connectivity index (χ3v) is 4.51. The number of benzene rings is 1. The Morgan fingerprint density at radius 1 is 1.12 bits per heavy atom. The Morgan fingerprint density at radius 2 is 1.77 bits per heavy atom. The summed E-state index contributed by atoms with van der Waals surface area (Å²) < 4.78 is 7.33. The maximum Gasteiger partial charge on any atom is 0.410 e. The van der Waals surface area contributed by atoms with Gasteiger partial charge in [-0.05, 0) is 39.2 Å². The Hall–Kier alpha value is -2.22. The molecule has 1 aromatic heterocycles. The molecule has 7 nitrogen and oxygen atoms in total. The summed E-state index contributed by atoms with van der Waals surface area (Å²) in [6.45, 7) is 8.24. The molecule has 0 spiro atoms. The summed E-state index contributed by atoms with van der Waals surface area (Å²) in [5.41, 5.74) is 0.500. The van der Waals surface area contributed by atoms with Crippen molar-refractivity contribution in [3.05, 3.63) is 30.3 Å². The number of thioether (sulfide) groups is 1. The van der Waals surface area contributed by atoms with Crippen LogP contribution in [0.1, 0.15) is 20.8 Å². The van der Waals surface area contributed by atoms with Gasteiger partial charge in [-0.15, -0.1) is 5.10 Å². The molecule has 8 heteroatoms. The van der Waals surface area contributed by atoms with Crippen LogP contribution in [0.15, 0.2) is 35.5 Å². The summed E-state index contributed by atoms with van der Waals surface area (Å²) in [4.78, 5) is 20.8. The van der Waals surface area contributed by atoms with E-state index in [-0.39, 0.29) is 6.09 Å². The van der Waals surface area contributed by atoms with E-state index in [0.717, 1.165) is 16.8 Å². The molecular weight excluding hydrogens is 350 g/mol. The van der Waals surface area contributed by atoms with Gasteiger partial charge in [-0.25, -0.2) is 4.79 Å². The Morgan fingerprint density at radius 3 is 2.35 bits per heavy atom. The van der Waals surface area contributed by atoms with Gasteiger partial charge in [-0.2, -0.15) is 9.67 Å². The Labute approximate surface area is 158 Å². The molecule has 0 unspecified atom stereocenters.